The van der Waals surface area contributed by atoms with Crippen LogP contribution >= 0.6 is 22.6 Å². The molecule has 3 aromatic rings. The number of amides is 2. The van der Waals surface area contributed by atoms with Crippen molar-refractivity contribution in [1.29, 1.82) is 0 Å². The second-order valence-electron chi connectivity index (χ2n) is 10.9. The van der Waals surface area contributed by atoms with Gasteiger partial charge in [-0.2, -0.15) is 0 Å². The molecule has 43 heavy (non-hydrogen) atoms. The van der Waals surface area contributed by atoms with Gasteiger partial charge in [0, 0.05) is 47.1 Å². The van der Waals surface area contributed by atoms with Crippen molar-refractivity contribution in [2.75, 3.05) is 13.2 Å². The third-order valence-corrected chi connectivity index (χ3v) is 8.61. The molecule has 0 aromatic heterocycles. The van der Waals surface area contributed by atoms with E-state index >= 15 is 0 Å². The van der Waals surface area contributed by atoms with Crippen molar-refractivity contribution in [2.24, 2.45) is 0 Å². The lowest BCUT2D eigenvalue weighted by Gasteiger charge is -2.30. The van der Waals surface area contributed by atoms with E-state index in [1.165, 1.54) is 0 Å². The molecule has 3 unspecified atom stereocenters. The highest BCUT2D eigenvalue weighted by molar-refractivity contribution is 14.1. The molecule has 0 radical (unpaired) electrons. The molecule has 2 amide bonds. The molecule has 2 aliphatic carbocycles. The van der Waals surface area contributed by atoms with Crippen molar-refractivity contribution >= 4 is 40.4 Å². The first-order valence-corrected chi connectivity index (χ1v) is 15.3. The fourth-order valence-electron chi connectivity index (χ4n) is 5.84. The first-order chi connectivity index (χ1) is 20.8. The number of carbonyl (C=O) groups excluding carboxylic acids is 3. The lowest BCUT2D eigenvalue weighted by molar-refractivity contribution is -0.172. The van der Waals surface area contributed by atoms with E-state index in [0.29, 0.717) is 29.5 Å². The maximum Gasteiger partial charge on any atom is 0.338 e. The van der Waals surface area contributed by atoms with Crippen LogP contribution in [-0.4, -0.2) is 60.1 Å². The number of hydrogen-bond donors (Lipinski definition) is 3. The zero-order valence-corrected chi connectivity index (χ0v) is 25.4. The Morgan fingerprint density at radius 3 is 2.37 bits per heavy atom. The molecule has 3 aromatic carbocycles. The number of benzene rings is 3. The zero-order valence-electron chi connectivity index (χ0n) is 23.3. The van der Waals surface area contributed by atoms with Gasteiger partial charge in [-0.3, -0.25) is 9.59 Å². The molecule has 0 bridgehead atoms. The van der Waals surface area contributed by atoms with E-state index in [1.54, 1.807) is 36.4 Å². The lowest BCUT2D eigenvalue weighted by atomic mass is 9.91. The highest BCUT2D eigenvalue weighted by Crippen LogP contribution is 2.45. The van der Waals surface area contributed by atoms with Crippen molar-refractivity contribution in [3.63, 3.8) is 0 Å². The monoisotopic (exact) mass is 694 g/mol. The van der Waals surface area contributed by atoms with Gasteiger partial charge in [-0.1, -0.05) is 36.4 Å². The van der Waals surface area contributed by atoms with Crippen LogP contribution in [0, 0.1) is 3.57 Å². The number of carbonyl (C=O) groups is 3. The summed E-state index contributed by atoms with van der Waals surface area (Å²) in [5, 5.41) is 14.5. The summed E-state index contributed by atoms with van der Waals surface area (Å²) in [5.74, 6) is -1.99. The number of aliphatic hydroxyl groups excluding tert-OH is 1. The maximum atomic E-state index is 13.4. The fraction of sp³-hybridized carbons (Fsp3) is 0.303. The number of esters is 1. The molecule has 9 nitrogen and oxygen atoms in total. The van der Waals surface area contributed by atoms with Crippen LogP contribution in [0.25, 0.3) is 0 Å². The number of ether oxygens (including phenoxy) is 3. The van der Waals surface area contributed by atoms with E-state index in [0.717, 1.165) is 20.3 Å². The van der Waals surface area contributed by atoms with Crippen LogP contribution in [0.2, 0.25) is 0 Å². The summed E-state index contributed by atoms with van der Waals surface area (Å²) in [7, 11) is 0. The Kier molecular flexibility index (Phi) is 8.62. The molecule has 1 fully saturated rings. The van der Waals surface area contributed by atoms with Gasteiger partial charge in [-0.15, -0.1) is 0 Å². The normalized spacial score (nSPS) is 21.4. The molecule has 6 rings (SSSR count). The Morgan fingerprint density at radius 1 is 0.907 bits per heavy atom. The summed E-state index contributed by atoms with van der Waals surface area (Å²) in [5.41, 5.74) is 4.34. The highest BCUT2D eigenvalue weighted by Gasteiger charge is 2.55. The summed E-state index contributed by atoms with van der Waals surface area (Å²) < 4.78 is 20.1. The molecular weight excluding hydrogens is 663 g/mol. The van der Waals surface area contributed by atoms with E-state index in [9.17, 15) is 14.4 Å². The smallest absolute Gasteiger partial charge is 0.338 e. The molecule has 3 N–H and O–H groups in total. The maximum absolute atomic E-state index is 13.4. The van der Waals surface area contributed by atoms with Crippen molar-refractivity contribution in [3.05, 3.63) is 116 Å². The number of fused-ring (bicyclic) bond motifs is 2. The zero-order chi connectivity index (χ0) is 30.0. The molecule has 1 aliphatic heterocycles. The van der Waals surface area contributed by atoms with Crippen LogP contribution in [0.5, 0.6) is 0 Å². The number of nitrogens with one attached hydrogen (secondary N) is 2. The van der Waals surface area contributed by atoms with E-state index in [2.05, 4.69) is 45.4 Å². The Bertz CT molecular complexity index is 1550. The standard InChI is InChI=1S/C33H31IN2O7/c34-26-10-8-21(9-11-26)32(40)41-27-15-25(31(39)36-19-20-4-3-7-22(14-20)30(38)35-12-13-37)16-28-29(27)43-33(42-28)17-23-5-1-2-6-24(23)18-33/h1-11,14,16,27-29,37H,12-13,15,17-19H2,(H,35,38)(H,36,39). The van der Waals surface area contributed by atoms with Gasteiger partial charge in [0.25, 0.3) is 5.91 Å². The summed E-state index contributed by atoms with van der Waals surface area (Å²) in [4.78, 5) is 38.9. The largest absolute Gasteiger partial charge is 0.456 e. The van der Waals surface area contributed by atoms with Crippen molar-refractivity contribution in [2.45, 2.75) is 49.9 Å². The quantitative estimate of drug-likeness (QED) is 0.244. The Hall–Kier alpha value is -3.58. The number of aliphatic hydroxyl groups is 1. The van der Waals surface area contributed by atoms with Crippen LogP contribution < -0.4 is 10.6 Å². The van der Waals surface area contributed by atoms with Gasteiger partial charge in [0.1, 0.15) is 18.3 Å². The summed E-state index contributed by atoms with van der Waals surface area (Å²) in [6, 6.07) is 22.1. The average Bonchev–Trinajstić information content (AvgIpc) is 3.57. The van der Waals surface area contributed by atoms with Crippen LogP contribution in [0.3, 0.4) is 0 Å². The predicted octanol–water partition coefficient (Wildman–Crippen LogP) is 3.46. The fourth-order valence-corrected chi connectivity index (χ4v) is 6.20. The predicted molar refractivity (Wildman–Crippen MR) is 165 cm³/mol. The Labute approximate surface area is 262 Å². The van der Waals surface area contributed by atoms with Gasteiger partial charge in [0.05, 0.1) is 12.2 Å². The second-order valence-corrected chi connectivity index (χ2v) is 12.2. The summed E-state index contributed by atoms with van der Waals surface area (Å²) in [6.45, 7) is 0.196. The minimum atomic E-state index is -0.883. The first kappa shape index (κ1) is 29.5. The Balaban J connectivity index is 1.19. The highest BCUT2D eigenvalue weighted by atomic mass is 127. The molecule has 1 saturated heterocycles. The minimum Gasteiger partial charge on any atom is -0.456 e. The SMILES string of the molecule is O=C(NCc1cccc(C(=O)NCCO)c1)C1=CC2OC3(Cc4ccccc4C3)OC2C(OC(=O)c2ccc(I)cc2)C1. The number of halogens is 1. The molecule has 1 spiro atoms. The van der Waals surface area contributed by atoms with Crippen molar-refractivity contribution in [3.8, 4) is 0 Å². The molecule has 3 atom stereocenters. The van der Waals surface area contributed by atoms with Gasteiger partial charge in [0.15, 0.2) is 5.79 Å². The van der Waals surface area contributed by atoms with Gasteiger partial charge in [0.2, 0.25) is 5.91 Å². The third-order valence-electron chi connectivity index (χ3n) is 7.89. The van der Waals surface area contributed by atoms with Crippen molar-refractivity contribution < 1.29 is 33.7 Å². The van der Waals surface area contributed by atoms with Gasteiger partial charge < -0.3 is 30.0 Å². The molecule has 3 aliphatic rings. The van der Waals surface area contributed by atoms with E-state index in [4.69, 9.17) is 19.3 Å². The van der Waals surface area contributed by atoms with E-state index < -0.39 is 30.1 Å². The topological polar surface area (TPSA) is 123 Å². The molecule has 10 heteroatoms. The molecule has 222 valence electrons. The molecule has 0 saturated carbocycles. The Morgan fingerprint density at radius 2 is 1.65 bits per heavy atom. The van der Waals surface area contributed by atoms with E-state index in [-0.39, 0.29) is 37.9 Å². The molecule has 1 heterocycles. The van der Waals surface area contributed by atoms with Crippen LogP contribution in [0.1, 0.15) is 43.8 Å². The number of hydrogen-bond acceptors (Lipinski definition) is 7. The van der Waals surface area contributed by atoms with Crippen LogP contribution in [0.4, 0.5) is 0 Å². The van der Waals surface area contributed by atoms with Crippen molar-refractivity contribution in [1.82, 2.24) is 10.6 Å². The third kappa shape index (κ3) is 6.52. The lowest BCUT2D eigenvalue weighted by Crippen LogP contribution is -2.43. The minimum absolute atomic E-state index is 0.151. The summed E-state index contributed by atoms with van der Waals surface area (Å²) >= 11 is 2.18. The van der Waals surface area contributed by atoms with Crippen LogP contribution in [-0.2, 0) is 38.4 Å². The van der Waals surface area contributed by atoms with Gasteiger partial charge in [-0.25, -0.2) is 4.79 Å². The number of rotatable bonds is 8. The van der Waals surface area contributed by atoms with Gasteiger partial charge in [-0.05, 0) is 81.8 Å². The average molecular weight is 695 g/mol. The van der Waals surface area contributed by atoms with Gasteiger partial charge >= 0.3 is 5.97 Å². The van der Waals surface area contributed by atoms with Crippen LogP contribution in [0.15, 0.2) is 84.4 Å². The molecular formula is C33H31IN2O7. The first-order valence-electron chi connectivity index (χ1n) is 14.2. The second kappa shape index (κ2) is 12.6. The summed E-state index contributed by atoms with van der Waals surface area (Å²) in [6.07, 6.45) is 1.23. The van der Waals surface area contributed by atoms with E-state index in [1.807, 2.05) is 30.3 Å².